The highest BCUT2D eigenvalue weighted by Gasteiger charge is 2.35. The molecule has 1 aromatic heterocycles. The van der Waals surface area contributed by atoms with Gasteiger partial charge in [-0.25, -0.2) is 9.48 Å². The molecule has 2 rings (SSSR count). The summed E-state index contributed by atoms with van der Waals surface area (Å²) in [5, 5.41) is 23.0. The third-order valence-electron chi connectivity index (χ3n) is 2.58. The van der Waals surface area contributed by atoms with Crippen molar-refractivity contribution >= 4 is 11.7 Å². The number of halogens is 3. The Hall–Kier alpha value is -2.91. The van der Waals surface area contributed by atoms with Crippen molar-refractivity contribution in [2.45, 2.75) is 6.18 Å². The lowest BCUT2D eigenvalue weighted by atomic mass is 10.1. The van der Waals surface area contributed by atoms with Crippen LogP contribution >= 0.6 is 0 Å². The second-order valence-electron chi connectivity index (χ2n) is 3.93. The van der Waals surface area contributed by atoms with Gasteiger partial charge in [-0.2, -0.15) is 18.3 Å². The van der Waals surface area contributed by atoms with E-state index in [4.69, 9.17) is 5.11 Å². The summed E-state index contributed by atoms with van der Waals surface area (Å²) in [5.41, 5.74) is -2.67. The number of nitro groups is 1. The second-order valence-corrected chi connectivity index (χ2v) is 3.93. The zero-order valence-electron chi connectivity index (χ0n) is 10.0. The van der Waals surface area contributed by atoms with Crippen molar-refractivity contribution in [2.75, 3.05) is 0 Å². The predicted molar refractivity (Wildman–Crippen MR) is 62.2 cm³/mol. The lowest BCUT2D eigenvalue weighted by molar-refractivity contribution is -0.384. The molecule has 110 valence electrons. The van der Waals surface area contributed by atoms with E-state index >= 15 is 0 Å². The first-order valence-electron chi connectivity index (χ1n) is 5.34. The third-order valence-corrected chi connectivity index (χ3v) is 2.58. The van der Waals surface area contributed by atoms with Crippen molar-refractivity contribution in [3.05, 3.63) is 51.8 Å². The van der Waals surface area contributed by atoms with E-state index in [9.17, 15) is 28.1 Å². The van der Waals surface area contributed by atoms with E-state index in [-0.39, 0.29) is 11.4 Å². The molecular formula is C11H6F3N3O4. The van der Waals surface area contributed by atoms with Crippen LogP contribution < -0.4 is 0 Å². The molecule has 0 spiro atoms. The van der Waals surface area contributed by atoms with Gasteiger partial charge in [-0.05, 0) is 18.2 Å². The van der Waals surface area contributed by atoms with Gasteiger partial charge in [0.2, 0.25) is 0 Å². The van der Waals surface area contributed by atoms with E-state index in [2.05, 4.69) is 5.10 Å². The molecule has 2 aromatic rings. The molecule has 0 saturated carbocycles. The first-order chi connectivity index (χ1) is 9.70. The van der Waals surface area contributed by atoms with Crippen LogP contribution in [0.5, 0.6) is 0 Å². The van der Waals surface area contributed by atoms with Gasteiger partial charge in [-0.1, -0.05) is 0 Å². The number of benzene rings is 1. The Bertz CT molecular complexity index is 724. The molecule has 1 aromatic carbocycles. The molecule has 7 nitrogen and oxygen atoms in total. The molecule has 1 heterocycles. The topological polar surface area (TPSA) is 98.3 Å². The van der Waals surface area contributed by atoms with Gasteiger partial charge in [0, 0.05) is 0 Å². The summed E-state index contributed by atoms with van der Waals surface area (Å²) in [6.07, 6.45) is -2.95. The maximum Gasteiger partial charge on any atom is 0.417 e. The summed E-state index contributed by atoms with van der Waals surface area (Å²) in [6, 6.07) is 2.32. The minimum atomic E-state index is -4.82. The van der Waals surface area contributed by atoms with E-state index in [0.717, 1.165) is 29.2 Å². The number of alkyl halides is 3. The number of rotatable bonds is 3. The summed E-state index contributed by atoms with van der Waals surface area (Å²) in [4.78, 5) is 20.7. The molecule has 0 unspecified atom stereocenters. The maximum atomic E-state index is 12.7. The number of hydrogen-bond acceptors (Lipinski definition) is 4. The minimum Gasteiger partial charge on any atom is -0.478 e. The highest BCUT2D eigenvalue weighted by atomic mass is 19.4. The zero-order valence-corrected chi connectivity index (χ0v) is 10.0. The van der Waals surface area contributed by atoms with Crippen LogP contribution in [0.3, 0.4) is 0 Å². The Morgan fingerprint density at radius 2 is 2.05 bits per heavy atom. The zero-order chi connectivity index (χ0) is 15.8. The van der Waals surface area contributed by atoms with Crippen molar-refractivity contribution in [1.29, 1.82) is 0 Å². The molecule has 0 aliphatic heterocycles. The first-order valence-corrected chi connectivity index (χ1v) is 5.34. The molecule has 0 bridgehead atoms. The molecule has 0 aliphatic rings. The standard InChI is InChI=1S/C11H6F3N3O4/c12-11(13,14)9-2-1-6(3-8(9)10(18)19)16-5-7(4-15-16)17(20)21/h1-5H,(H,18,19). The molecule has 1 N–H and O–H groups in total. The molecule has 10 heteroatoms. The van der Waals surface area contributed by atoms with Crippen molar-refractivity contribution in [3.63, 3.8) is 0 Å². The van der Waals surface area contributed by atoms with Crippen LogP contribution in [0, 0.1) is 10.1 Å². The summed E-state index contributed by atoms with van der Waals surface area (Å²) in [5.74, 6) is -1.76. The lowest BCUT2D eigenvalue weighted by Gasteiger charge is -2.11. The van der Waals surface area contributed by atoms with Gasteiger partial charge in [0.25, 0.3) is 0 Å². The van der Waals surface area contributed by atoms with Crippen LogP contribution in [-0.4, -0.2) is 25.8 Å². The van der Waals surface area contributed by atoms with Gasteiger partial charge >= 0.3 is 17.8 Å². The van der Waals surface area contributed by atoms with Crippen LogP contribution in [0.25, 0.3) is 5.69 Å². The third kappa shape index (κ3) is 2.83. The van der Waals surface area contributed by atoms with E-state index in [1.165, 1.54) is 0 Å². The van der Waals surface area contributed by atoms with Gasteiger partial charge in [-0.15, -0.1) is 0 Å². The minimum absolute atomic E-state index is 0.0338. The summed E-state index contributed by atoms with van der Waals surface area (Å²) < 4.78 is 39.0. The lowest BCUT2D eigenvalue weighted by Crippen LogP contribution is -2.13. The number of hydrogen-bond donors (Lipinski definition) is 1. The SMILES string of the molecule is O=C(O)c1cc(-n2cc([N+](=O)[O-])cn2)ccc1C(F)(F)F. The van der Waals surface area contributed by atoms with E-state index in [1.807, 2.05) is 0 Å². The summed E-state index contributed by atoms with van der Waals surface area (Å²) in [7, 11) is 0. The van der Waals surface area contributed by atoms with Crippen LogP contribution in [0.15, 0.2) is 30.6 Å². The number of carbonyl (C=O) groups is 1. The van der Waals surface area contributed by atoms with Gasteiger partial charge in [0.15, 0.2) is 0 Å². The average Bonchev–Trinajstić information content (AvgIpc) is 2.86. The number of carboxylic acids is 1. The number of nitrogens with zero attached hydrogens (tertiary/aromatic N) is 3. The quantitative estimate of drug-likeness (QED) is 0.693. The molecule has 0 saturated heterocycles. The molecule has 0 aliphatic carbocycles. The van der Waals surface area contributed by atoms with Crippen LogP contribution in [0.4, 0.5) is 18.9 Å². The van der Waals surface area contributed by atoms with Crippen molar-refractivity contribution in [3.8, 4) is 5.69 Å². The molecule has 0 radical (unpaired) electrons. The molecule has 0 fully saturated rings. The van der Waals surface area contributed by atoms with Gasteiger partial charge in [-0.3, -0.25) is 10.1 Å². The Labute approximate surface area is 114 Å². The van der Waals surface area contributed by atoms with E-state index in [0.29, 0.717) is 6.07 Å². The molecule has 0 amide bonds. The van der Waals surface area contributed by atoms with E-state index < -0.39 is 28.2 Å². The predicted octanol–water partition coefficient (Wildman–Crippen LogP) is 2.50. The molecule has 21 heavy (non-hydrogen) atoms. The van der Waals surface area contributed by atoms with Crippen LogP contribution in [-0.2, 0) is 6.18 Å². The highest BCUT2D eigenvalue weighted by Crippen LogP contribution is 2.33. The fourth-order valence-corrected chi connectivity index (χ4v) is 1.65. The van der Waals surface area contributed by atoms with Crippen molar-refractivity contribution in [1.82, 2.24) is 9.78 Å². The first kappa shape index (κ1) is 14.5. The Morgan fingerprint density at radius 3 is 2.52 bits per heavy atom. The second kappa shape index (κ2) is 4.89. The summed E-state index contributed by atoms with van der Waals surface area (Å²) >= 11 is 0. The van der Waals surface area contributed by atoms with E-state index in [1.54, 1.807) is 0 Å². The fourth-order valence-electron chi connectivity index (χ4n) is 1.65. The average molecular weight is 301 g/mol. The maximum absolute atomic E-state index is 12.7. The van der Waals surface area contributed by atoms with Gasteiger partial charge in [0.1, 0.15) is 12.4 Å². The normalized spacial score (nSPS) is 11.4. The molecular weight excluding hydrogens is 295 g/mol. The fraction of sp³-hybridized carbons (Fsp3) is 0.0909. The van der Waals surface area contributed by atoms with Crippen molar-refractivity contribution < 1.29 is 28.0 Å². The number of aromatic carboxylic acids is 1. The molecule has 0 atom stereocenters. The van der Waals surface area contributed by atoms with Gasteiger partial charge < -0.3 is 5.11 Å². The van der Waals surface area contributed by atoms with Crippen molar-refractivity contribution in [2.24, 2.45) is 0 Å². The Balaban J connectivity index is 2.54. The highest BCUT2D eigenvalue weighted by molar-refractivity contribution is 5.90. The van der Waals surface area contributed by atoms with Crippen LogP contribution in [0.1, 0.15) is 15.9 Å². The number of aromatic nitrogens is 2. The smallest absolute Gasteiger partial charge is 0.417 e. The monoisotopic (exact) mass is 301 g/mol. The van der Waals surface area contributed by atoms with Crippen LogP contribution in [0.2, 0.25) is 0 Å². The van der Waals surface area contributed by atoms with Gasteiger partial charge in [0.05, 0.1) is 21.7 Å². The summed E-state index contributed by atoms with van der Waals surface area (Å²) in [6.45, 7) is 0. The Kier molecular flexibility index (Phi) is 3.37. The Morgan fingerprint density at radius 1 is 1.38 bits per heavy atom. The number of carboxylic acid groups (broad SMARTS) is 1. The largest absolute Gasteiger partial charge is 0.478 e.